The van der Waals surface area contributed by atoms with E-state index in [0.717, 1.165) is 12.7 Å². The van der Waals surface area contributed by atoms with Crippen LogP contribution in [0.3, 0.4) is 0 Å². The lowest BCUT2D eigenvalue weighted by Crippen LogP contribution is -2.43. The smallest absolute Gasteiger partial charge is 0.324 e. The molecule has 0 spiro atoms. The number of carbonyl (C=O) groups excluding carboxylic acids is 2. The second-order valence-electron chi connectivity index (χ2n) is 6.60. The molecular formula is C19H20N2O7S2. The number of hydrogen-bond acceptors (Lipinski definition) is 7. The van der Waals surface area contributed by atoms with Gasteiger partial charge in [0.15, 0.2) is 0 Å². The Hall–Kier alpha value is -2.76. The van der Waals surface area contributed by atoms with Gasteiger partial charge in [-0.25, -0.2) is 21.1 Å². The summed E-state index contributed by atoms with van der Waals surface area (Å²) < 4.78 is 57.2. The zero-order chi connectivity index (χ0) is 21.9. The van der Waals surface area contributed by atoms with Crippen molar-refractivity contribution in [1.82, 2.24) is 4.72 Å². The molecule has 1 N–H and O–H groups in total. The third-order valence-electron chi connectivity index (χ3n) is 4.53. The van der Waals surface area contributed by atoms with E-state index in [1.807, 2.05) is 0 Å². The van der Waals surface area contributed by atoms with Crippen LogP contribution in [-0.4, -0.2) is 47.6 Å². The van der Waals surface area contributed by atoms with E-state index < -0.39 is 38.0 Å². The number of carbonyl (C=O) groups is 2. The van der Waals surface area contributed by atoms with Crippen molar-refractivity contribution in [2.45, 2.75) is 23.8 Å². The van der Waals surface area contributed by atoms with Crippen molar-refractivity contribution in [3.05, 3.63) is 60.2 Å². The minimum absolute atomic E-state index is 0.0604. The predicted molar refractivity (Wildman–Crippen MR) is 109 cm³/mol. The summed E-state index contributed by atoms with van der Waals surface area (Å²) in [5, 5.41) is 0. The van der Waals surface area contributed by atoms with E-state index in [-0.39, 0.29) is 29.2 Å². The maximum atomic E-state index is 12.8. The number of ether oxygens (including phenoxy) is 1. The van der Waals surface area contributed by atoms with Gasteiger partial charge >= 0.3 is 5.97 Å². The summed E-state index contributed by atoms with van der Waals surface area (Å²) in [4.78, 5) is 23.8. The lowest BCUT2D eigenvalue weighted by atomic mass is 10.1. The Bertz CT molecular complexity index is 1150. The summed E-state index contributed by atoms with van der Waals surface area (Å²) >= 11 is 0. The summed E-state index contributed by atoms with van der Waals surface area (Å²) in [6.45, 7) is 0. The summed E-state index contributed by atoms with van der Waals surface area (Å²) in [5.74, 6) is -1.60. The highest BCUT2D eigenvalue weighted by Crippen LogP contribution is 2.26. The first-order chi connectivity index (χ1) is 14.1. The van der Waals surface area contributed by atoms with Gasteiger partial charge < -0.3 is 4.74 Å². The van der Waals surface area contributed by atoms with Gasteiger partial charge in [-0.15, -0.1) is 0 Å². The molecule has 1 fully saturated rings. The van der Waals surface area contributed by atoms with Crippen molar-refractivity contribution in [3.8, 4) is 0 Å². The minimum Gasteiger partial charge on any atom is -0.468 e. The Morgan fingerprint density at radius 1 is 1.13 bits per heavy atom. The van der Waals surface area contributed by atoms with Gasteiger partial charge in [-0.1, -0.05) is 30.3 Å². The fraction of sp³-hybridized carbons (Fsp3) is 0.263. The average molecular weight is 453 g/mol. The van der Waals surface area contributed by atoms with Crippen LogP contribution in [0.15, 0.2) is 59.5 Å². The number of benzene rings is 2. The zero-order valence-corrected chi connectivity index (χ0v) is 17.6. The first-order valence-electron chi connectivity index (χ1n) is 8.94. The quantitative estimate of drug-likeness (QED) is 0.616. The number of esters is 1. The van der Waals surface area contributed by atoms with Gasteiger partial charge in [0.1, 0.15) is 6.04 Å². The molecule has 160 valence electrons. The molecule has 11 heteroatoms. The second kappa shape index (κ2) is 8.54. The van der Waals surface area contributed by atoms with Gasteiger partial charge in [0, 0.05) is 6.42 Å². The van der Waals surface area contributed by atoms with E-state index in [2.05, 4.69) is 4.72 Å². The number of nitrogens with zero attached hydrogens (tertiary/aromatic N) is 1. The van der Waals surface area contributed by atoms with E-state index >= 15 is 0 Å². The molecule has 9 nitrogen and oxygen atoms in total. The fourth-order valence-electron chi connectivity index (χ4n) is 3.05. The van der Waals surface area contributed by atoms with Gasteiger partial charge in [-0.3, -0.25) is 9.59 Å². The molecule has 1 aliphatic heterocycles. The fourth-order valence-corrected chi connectivity index (χ4v) is 5.69. The molecule has 30 heavy (non-hydrogen) atoms. The van der Waals surface area contributed by atoms with Crippen molar-refractivity contribution in [2.75, 3.05) is 17.2 Å². The molecular weight excluding hydrogens is 432 g/mol. The molecule has 0 aliphatic carbocycles. The highest BCUT2D eigenvalue weighted by Gasteiger charge is 2.36. The minimum atomic E-state index is -4.12. The van der Waals surface area contributed by atoms with E-state index in [0.29, 0.717) is 4.31 Å². The third kappa shape index (κ3) is 4.69. The lowest BCUT2D eigenvalue weighted by Gasteiger charge is -2.18. The second-order valence-corrected chi connectivity index (χ2v) is 10.3. The van der Waals surface area contributed by atoms with Crippen LogP contribution in [0.4, 0.5) is 5.69 Å². The number of rotatable bonds is 7. The molecule has 2 aromatic rings. The number of nitrogens with one attached hydrogen (secondary N) is 1. The monoisotopic (exact) mass is 452 g/mol. The van der Waals surface area contributed by atoms with Crippen LogP contribution in [-0.2, 0) is 40.8 Å². The Morgan fingerprint density at radius 3 is 2.30 bits per heavy atom. The van der Waals surface area contributed by atoms with Crippen molar-refractivity contribution in [1.29, 1.82) is 0 Å². The van der Waals surface area contributed by atoms with E-state index in [1.54, 1.807) is 30.3 Å². The van der Waals surface area contributed by atoms with E-state index in [4.69, 9.17) is 4.74 Å². The molecule has 1 heterocycles. The Morgan fingerprint density at radius 2 is 1.77 bits per heavy atom. The normalized spacial score (nSPS) is 17.0. The first-order valence-corrected chi connectivity index (χ1v) is 12.0. The third-order valence-corrected chi connectivity index (χ3v) is 7.70. The molecule has 0 unspecified atom stereocenters. The van der Waals surface area contributed by atoms with Crippen LogP contribution in [0.5, 0.6) is 0 Å². The highest BCUT2D eigenvalue weighted by molar-refractivity contribution is 7.94. The van der Waals surface area contributed by atoms with Crippen LogP contribution in [0.1, 0.15) is 12.0 Å². The van der Waals surface area contributed by atoms with Crippen molar-refractivity contribution >= 4 is 37.6 Å². The molecule has 0 aromatic heterocycles. The molecule has 0 saturated carbocycles. The summed E-state index contributed by atoms with van der Waals surface area (Å²) in [5.41, 5.74) is 0.800. The molecule has 1 atom stereocenters. The molecule has 0 radical (unpaired) electrons. The van der Waals surface area contributed by atoms with Crippen LogP contribution in [0.2, 0.25) is 0 Å². The highest BCUT2D eigenvalue weighted by atomic mass is 32.2. The van der Waals surface area contributed by atoms with Crippen LogP contribution >= 0.6 is 0 Å². The van der Waals surface area contributed by atoms with Crippen molar-refractivity contribution in [2.24, 2.45) is 0 Å². The largest absolute Gasteiger partial charge is 0.468 e. The van der Waals surface area contributed by atoms with Gasteiger partial charge in [-0.05, 0) is 36.2 Å². The zero-order valence-electron chi connectivity index (χ0n) is 16.0. The number of methoxy groups -OCH3 is 1. The number of hydrogen-bond donors (Lipinski definition) is 1. The Balaban J connectivity index is 1.83. The van der Waals surface area contributed by atoms with Crippen molar-refractivity contribution in [3.63, 3.8) is 0 Å². The van der Waals surface area contributed by atoms with Gasteiger partial charge in [0.2, 0.25) is 26.0 Å². The standard InChI is InChI=1S/C19H20N2O7S2/c1-28-19(23)17(13-14-5-3-2-4-6-14)20-30(26,27)16-9-7-15(8-10-16)21-18(22)11-12-29(21,24)25/h2-10,17,20H,11-13H2,1H3/t17-/m0/s1. The molecule has 0 bridgehead atoms. The topological polar surface area (TPSA) is 127 Å². The first kappa shape index (κ1) is 21.9. The van der Waals surface area contributed by atoms with Crippen molar-refractivity contribution < 1.29 is 31.2 Å². The van der Waals surface area contributed by atoms with Gasteiger partial charge in [-0.2, -0.15) is 4.72 Å². The SMILES string of the molecule is COC(=O)[C@H](Cc1ccccc1)NS(=O)(=O)c1ccc(N2C(=O)CCS2(=O)=O)cc1. The summed E-state index contributed by atoms with van der Waals surface area (Å²) in [6.07, 6.45) is -0.0322. The molecule has 1 amide bonds. The van der Waals surface area contributed by atoms with E-state index in [1.165, 1.54) is 24.3 Å². The van der Waals surface area contributed by atoms with Crippen LogP contribution in [0, 0.1) is 0 Å². The number of amides is 1. The van der Waals surface area contributed by atoms with E-state index in [9.17, 15) is 26.4 Å². The summed E-state index contributed by atoms with van der Waals surface area (Å²) in [6, 6.07) is 12.5. The van der Waals surface area contributed by atoms with Crippen LogP contribution in [0.25, 0.3) is 0 Å². The van der Waals surface area contributed by atoms with Gasteiger partial charge in [0.05, 0.1) is 23.4 Å². The molecule has 3 rings (SSSR count). The molecule has 2 aromatic carbocycles. The van der Waals surface area contributed by atoms with Gasteiger partial charge in [0.25, 0.3) is 0 Å². The lowest BCUT2D eigenvalue weighted by molar-refractivity contribution is -0.142. The Labute approximate surface area is 174 Å². The average Bonchev–Trinajstić information content (AvgIpc) is 3.00. The molecule has 1 saturated heterocycles. The molecule has 1 aliphatic rings. The maximum Gasteiger partial charge on any atom is 0.324 e. The maximum absolute atomic E-state index is 12.8. The van der Waals surface area contributed by atoms with Crippen LogP contribution < -0.4 is 9.03 Å². The predicted octanol–water partition coefficient (Wildman–Crippen LogP) is 0.816. The number of anilines is 1. The number of sulfonamides is 2. The summed E-state index contributed by atoms with van der Waals surface area (Å²) in [7, 11) is -6.71. The Kier molecular flexibility index (Phi) is 6.25.